The minimum Gasteiger partial charge on any atom is -0.477 e. The third-order valence-electron chi connectivity index (χ3n) is 9.96. The molecule has 0 radical (unpaired) electrons. The smallest absolute Gasteiger partial charge is 0.362 e. The quantitative estimate of drug-likeness (QED) is 0.0215. The molecule has 358 valence electrons. The van der Waals surface area contributed by atoms with Crippen LogP contribution < -0.4 is 0 Å². The first-order valence-corrected chi connectivity index (χ1v) is 24.3. The van der Waals surface area contributed by atoms with Gasteiger partial charge in [0.15, 0.2) is 12.1 Å². The van der Waals surface area contributed by atoms with Crippen molar-refractivity contribution in [3.8, 4) is 0 Å². The summed E-state index contributed by atoms with van der Waals surface area (Å²) in [6.07, 6.45) is 65.0. The zero-order valence-electron chi connectivity index (χ0n) is 40.7. The number of carbonyl (C=O) groups excluding carboxylic acids is 2. The van der Waals surface area contributed by atoms with Gasteiger partial charge >= 0.3 is 17.9 Å². The standard InChI is InChI=1S/C56H87NO7/c1-6-8-10-12-14-16-18-20-22-24-25-26-27-28-29-31-32-34-36-38-40-42-44-46-54(58)63-51-52(50-62-49-48-53(56(60)61)57(3,4)5)64-55(59)47-45-43-41-39-37-35-33-30-23-21-19-17-15-13-11-9-7-2/h8-11,13-17,19-23,25-26,28-30,33,35,37,52-53H,6-7,12,18,24,27,31-32,34,36,38-51H2,1-5H3/p+1/b10-8+,11-9+,15-13+,16-14+,19-17+,22-20+,23-21+,26-25+,29-28+,33-30+,37-35+. The van der Waals surface area contributed by atoms with Gasteiger partial charge in [-0.05, 0) is 77.0 Å². The molecule has 0 rings (SSSR count). The predicted octanol–water partition coefficient (Wildman–Crippen LogP) is 14.0. The number of ether oxygens (including phenoxy) is 3. The van der Waals surface area contributed by atoms with Gasteiger partial charge in [0, 0.05) is 19.3 Å². The van der Waals surface area contributed by atoms with E-state index in [0.717, 1.165) is 89.9 Å². The van der Waals surface area contributed by atoms with E-state index in [-0.39, 0.29) is 42.7 Å². The van der Waals surface area contributed by atoms with E-state index in [9.17, 15) is 19.5 Å². The van der Waals surface area contributed by atoms with Crippen LogP contribution in [0.1, 0.15) is 149 Å². The number of allylic oxidation sites excluding steroid dienone is 22. The number of quaternary nitrogens is 1. The number of carboxylic acids is 1. The number of hydrogen-bond donors (Lipinski definition) is 1. The highest BCUT2D eigenvalue weighted by Gasteiger charge is 2.31. The molecule has 2 unspecified atom stereocenters. The second-order valence-electron chi connectivity index (χ2n) is 16.8. The predicted molar refractivity (Wildman–Crippen MR) is 270 cm³/mol. The number of carboxylic acid groups (broad SMARTS) is 1. The number of nitrogens with zero attached hydrogens (tertiary/aromatic N) is 1. The van der Waals surface area contributed by atoms with Crippen molar-refractivity contribution < 1.29 is 38.2 Å². The lowest BCUT2D eigenvalue weighted by Crippen LogP contribution is -2.50. The van der Waals surface area contributed by atoms with E-state index in [2.05, 4.69) is 86.8 Å². The fourth-order valence-electron chi connectivity index (χ4n) is 6.27. The van der Waals surface area contributed by atoms with Gasteiger partial charge in [-0.15, -0.1) is 0 Å². The maximum atomic E-state index is 12.8. The SMILES string of the molecule is CC/C=C/C=C/C=C/C=C/C=C/C=C/CCCCCC(=O)OC(COCCC(C(=O)O)[N+](C)(C)C)COC(=O)CCCCCCCCC/C=C/C/C=C/C/C=C/C/C=C/C/C=C/CC. The largest absolute Gasteiger partial charge is 0.477 e. The third-order valence-corrected chi connectivity index (χ3v) is 9.96. The molecule has 1 N–H and O–H groups in total. The Bertz CT molecular complexity index is 1500. The molecule has 8 heteroatoms. The Hall–Kier alpha value is -4.53. The van der Waals surface area contributed by atoms with E-state index >= 15 is 0 Å². The van der Waals surface area contributed by atoms with Gasteiger partial charge in [-0.1, -0.05) is 186 Å². The molecule has 0 spiro atoms. The molecule has 0 aliphatic heterocycles. The summed E-state index contributed by atoms with van der Waals surface area (Å²) >= 11 is 0. The summed E-state index contributed by atoms with van der Waals surface area (Å²) in [5.41, 5.74) is 0. The van der Waals surface area contributed by atoms with Crippen LogP contribution in [0.15, 0.2) is 134 Å². The zero-order chi connectivity index (χ0) is 47.0. The van der Waals surface area contributed by atoms with Crippen LogP contribution in [0.5, 0.6) is 0 Å². The molecule has 0 heterocycles. The van der Waals surface area contributed by atoms with E-state index in [0.29, 0.717) is 19.3 Å². The van der Waals surface area contributed by atoms with E-state index in [4.69, 9.17) is 14.2 Å². The van der Waals surface area contributed by atoms with Crippen molar-refractivity contribution in [2.45, 2.75) is 161 Å². The molecule has 0 fully saturated rings. The van der Waals surface area contributed by atoms with Crippen LogP contribution >= 0.6 is 0 Å². The summed E-state index contributed by atoms with van der Waals surface area (Å²) in [6, 6.07) is -0.635. The number of aliphatic carboxylic acids is 1. The molecule has 0 amide bonds. The van der Waals surface area contributed by atoms with Gasteiger partial charge in [0.05, 0.1) is 34.4 Å². The Labute approximate surface area is 390 Å². The number of likely N-dealkylation sites (N-methyl/N-ethyl adjacent to an activating group) is 1. The first kappa shape index (κ1) is 59.5. The lowest BCUT2D eigenvalue weighted by molar-refractivity contribution is -0.887. The number of unbranched alkanes of at least 4 members (excludes halogenated alkanes) is 10. The Kier molecular flexibility index (Phi) is 41.9. The van der Waals surface area contributed by atoms with Crippen molar-refractivity contribution in [3.05, 3.63) is 134 Å². The van der Waals surface area contributed by atoms with Crippen molar-refractivity contribution in [3.63, 3.8) is 0 Å². The van der Waals surface area contributed by atoms with Gasteiger partial charge in [-0.3, -0.25) is 9.59 Å². The average Bonchev–Trinajstić information content (AvgIpc) is 3.26. The van der Waals surface area contributed by atoms with Crippen LogP contribution in [0.4, 0.5) is 0 Å². The van der Waals surface area contributed by atoms with Crippen LogP contribution in [0.2, 0.25) is 0 Å². The van der Waals surface area contributed by atoms with Crippen LogP contribution in [0, 0.1) is 0 Å². The molecule has 8 nitrogen and oxygen atoms in total. The molecular weight excluding hydrogens is 799 g/mol. The second-order valence-corrected chi connectivity index (χ2v) is 16.8. The Morgan fingerprint density at radius 3 is 1.42 bits per heavy atom. The van der Waals surface area contributed by atoms with Gasteiger partial charge in [-0.25, -0.2) is 4.79 Å². The van der Waals surface area contributed by atoms with E-state index in [1.807, 2.05) is 81.9 Å². The molecule has 64 heavy (non-hydrogen) atoms. The van der Waals surface area contributed by atoms with Crippen LogP contribution in [-0.2, 0) is 28.6 Å². The summed E-state index contributed by atoms with van der Waals surface area (Å²) in [6.45, 7) is 4.39. The zero-order valence-corrected chi connectivity index (χ0v) is 40.7. The second kappa shape index (κ2) is 45.1. The van der Waals surface area contributed by atoms with E-state index in [1.54, 1.807) is 0 Å². The maximum Gasteiger partial charge on any atom is 0.362 e. The highest BCUT2D eigenvalue weighted by Crippen LogP contribution is 2.13. The normalized spacial score (nSPS) is 14.1. The number of hydrogen-bond acceptors (Lipinski definition) is 6. The Balaban J connectivity index is 4.40. The molecule has 0 saturated carbocycles. The van der Waals surface area contributed by atoms with Crippen LogP contribution in [-0.4, -0.2) is 80.6 Å². The fraction of sp³-hybridized carbons (Fsp3) is 0.554. The molecule has 0 aromatic heterocycles. The van der Waals surface area contributed by atoms with E-state index in [1.165, 1.54) is 19.3 Å². The molecule has 0 aliphatic carbocycles. The Morgan fingerprint density at radius 2 is 0.906 bits per heavy atom. The van der Waals surface area contributed by atoms with Gasteiger partial charge in [0.1, 0.15) is 6.61 Å². The van der Waals surface area contributed by atoms with Gasteiger partial charge in [0.2, 0.25) is 0 Å². The highest BCUT2D eigenvalue weighted by atomic mass is 16.6. The van der Waals surface area contributed by atoms with E-state index < -0.39 is 18.1 Å². The number of esters is 2. The maximum absolute atomic E-state index is 12.8. The minimum atomic E-state index is -0.891. The molecule has 0 saturated heterocycles. The summed E-state index contributed by atoms with van der Waals surface area (Å²) in [5, 5.41) is 9.64. The van der Waals surface area contributed by atoms with Gasteiger partial charge in [0.25, 0.3) is 0 Å². The topological polar surface area (TPSA) is 99.1 Å². The first-order valence-electron chi connectivity index (χ1n) is 24.3. The van der Waals surface area contributed by atoms with Crippen LogP contribution in [0.3, 0.4) is 0 Å². The van der Waals surface area contributed by atoms with Crippen LogP contribution in [0.25, 0.3) is 0 Å². The van der Waals surface area contributed by atoms with Crippen molar-refractivity contribution >= 4 is 17.9 Å². The molecule has 0 bridgehead atoms. The van der Waals surface area contributed by atoms with Gasteiger partial charge < -0.3 is 23.8 Å². The first-order chi connectivity index (χ1) is 31.1. The summed E-state index contributed by atoms with van der Waals surface area (Å²) in [4.78, 5) is 37.1. The minimum absolute atomic E-state index is 0.0288. The van der Waals surface area contributed by atoms with Crippen molar-refractivity contribution in [2.75, 3.05) is 41.0 Å². The van der Waals surface area contributed by atoms with Crippen molar-refractivity contribution in [1.82, 2.24) is 0 Å². The summed E-state index contributed by atoms with van der Waals surface area (Å²) in [5.74, 6) is -1.56. The number of rotatable bonds is 41. The van der Waals surface area contributed by atoms with Crippen molar-refractivity contribution in [2.24, 2.45) is 0 Å². The summed E-state index contributed by atoms with van der Waals surface area (Å²) in [7, 11) is 5.49. The molecule has 2 atom stereocenters. The molecule has 0 aliphatic rings. The third kappa shape index (κ3) is 42.8. The number of carbonyl (C=O) groups is 3. The molecule has 0 aromatic carbocycles. The monoisotopic (exact) mass is 887 g/mol. The highest BCUT2D eigenvalue weighted by molar-refractivity contribution is 5.72. The average molecular weight is 887 g/mol. The lowest BCUT2D eigenvalue weighted by Gasteiger charge is -2.31. The van der Waals surface area contributed by atoms with Crippen molar-refractivity contribution in [1.29, 1.82) is 0 Å². The fourth-order valence-corrected chi connectivity index (χ4v) is 6.27. The Morgan fingerprint density at radius 1 is 0.484 bits per heavy atom. The summed E-state index contributed by atoms with van der Waals surface area (Å²) < 4.78 is 17.3. The molecule has 0 aromatic rings. The van der Waals surface area contributed by atoms with Gasteiger partial charge in [-0.2, -0.15) is 0 Å². The molecular formula is C56H88NO7+. The lowest BCUT2D eigenvalue weighted by atomic mass is 10.1.